The van der Waals surface area contributed by atoms with E-state index in [9.17, 15) is 0 Å². The molecule has 0 bridgehead atoms. The molecule has 3 heteroatoms. The molecule has 16 heavy (non-hydrogen) atoms. The summed E-state index contributed by atoms with van der Waals surface area (Å²) in [4.78, 5) is 4.21. The minimum atomic E-state index is 0.895. The molecular weight excluding hydrogens is 198 g/mol. The maximum Gasteiger partial charge on any atom is 0.105 e. The summed E-state index contributed by atoms with van der Waals surface area (Å²) in [5, 5.41) is 3.14. The van der Waals surface area contributed by atoms with Crippen LogP contribution in [0.1, 0.15) is 17.0 Å². The van der Waals surface area contributed by atoms with Crippen LogP contribution in [0, 0.1) is 6.92 Å². The van der Waals surface area contributed by atoms with E-state index in [1.54, 1.807) is 0 Å². The molecule has 0 saturated carbocycles. The Hall–Kier alpha value is -1.61. The van der Waals surface area contributed by atoms with Crippen molar-refractivity contribution in [2.45, 2.75) is 20.0 Å². The van der Waals surface area contributed by atoms with Crippen molar-refractivity contribution >= 4 is 0 Å². The van der Waals surface area contributed by atoms with Crippen LogP contribution >= 0.6 is 0 Å². The molecule has 0 unspecified atom stereocenters. The molecule has 1 aromatic carbocycles. The first-order valence-corrected chi connectivity index (χ1v) is 5.50. The number of aryl methyl sites for hydroxylation is 1. The molecule has 0 radical (unpaired) electrons. The molecule has 0 spiro atoms. The van der Waals surface area contributed by atoms with Gasteiger partial charge in [0.05, 0.1) is 0 Å². The van der Waals surface area contributed by atoms with Gasteiger partial charge in [-0.3, -0.25) is 0 Å². The molecule has 0 aliphatic heterocycles. The van der Waals surface area contributed by atoms with E-state index < -0.39 is 0 Å². The van der Waals surface area contributed by atoms with Crippen molar-refractivity contribution in [2.24, 2.45) is 0 Å². The van der Waals surface area contributed by atoms with E-state index in [-0.39, 0.29) is 0 Å². The second kappa shape index (κ2) is 4.94. The normalized spacial score (nSPS) is 10.6. The smallest absolute Gasteiger partial charge is 0.105 e. The van der Waals surface area contributed by atoms with E-state index in [0.29, 0.717) is 0 Å². The Morgan fingerprint density at radius 2 is 1.88 bits per heavy atom. The first-order chi connectivity index (χ1) is 7.79. The SMILES string of the molecule is CNCc1ccc(Cn2ccnc2C)cc1. The van der Waals surface area contributed by atoms with Gasteiger partial charge in [0.15, 0.2) is 0 Å². The van der Waals surface area contributed by atoms with E-state index in [1.807, 2.05) is 26.4 Å². The number of nitrogens with one attached hydrogen (secondary N) is 1. The van der Waals surface area contributed by atoms with Gasteiger partial charge < -0.3 is 9.88 Å². The van der Waals surface area contributed by atoms with Crippen LogP contribution in [0.25, 0.3) is 0 Å². The standard InChI is InChI=1S/C13H17N3/c1-11-15-7-8-16(11)10-13-5-3-12(4-6-13)9-14-2/h3-8,14H,9-10H2,1-2H3. The fourth-order valence-electron chi connectivity index (χ4n) is 1.73. The monoisotopic (exact) mass is 215 g/mol. The van der Waals surface area contributed by atoms with Crippen molar-refractivity contribution in [3.05, 3.63) is 53.6 Å². The molecule has 0 fully saturated rings. The topological polar surface area (TPSA) is 29.9 Å². The number of imidazole rings is 1. The van der Waals surface area contributed by atoms with Gasteiger partial charge in [-0.15, -0.1) is 0 Å². The molecule has 2 aromatic rings. The molecule has 0 atom stereocenters. The third kappa shape index (κ3) is 2.49. The van der Waals surface area contributed by atoms with Crippen LogP contribution in [0.3, 0.4) is 0 Å². The minimum Gasteiger partial charge on any atom is -0.331 e. The Balaban J connectivity index is 2.08. The minimum absolute atomic E-state index is 0.895. The van der Waals surface area contributed by atoms with Crippen molar-refractivity contribution in [3.63, 3.8) is 0 Å². The lowest BCUT2D eigenvalue weighted by Gasteiger charge is -2.06. The van der Waals surface area contributed by atoms with Gasteiger partial charge in [0.1, 0.15) is 5.82 Å². The van der Waals surface area contributed by atoms with Gasteiger partial charge in [0.25, 0.3) is 0 Å². The van der Waals surface area contributed by atoms with Crippen molar-refractivity contribution in [2.75, 3.05) is 7.05 Å². The molecule has 1 aromatic heterocycles. The first-order valence-electron chi connectivity index (χ1n) is 5.50. The van der Waals surface area contributed by atoms with Gasteiger partial charge in [-0.2, -0.15) is 0 Å². The fourth-order valence-corrected chi connectivity index (χ4v) is 1.73. The summed E-state index contributed by atoms with van der Waals surface area (Å²) < 4.78 is 2.15. The summed E-state index contributed by atoms with van der Waals surface area (Å²) in [5.74, 6) is 1.05. The Bertz CT molecular complexity index is 442. The van der Waals surface area contributed by atoms with Crippen molar-refractivity contribution in [1.29, 1.82) is 0 Å². The molecule has 1 N–H and O–H groups in total. The second-order valence-electron chi connectivity index (χ2n) is 3.95. The largest absolute Gasteiger partial charge is 0.331 e. The highest BCUT2D eigenvalue weighted by Crippen LogP contribution is 2.07. The Labute approximate surface area is 96.1 Å². The maximum absolute atomic E-state index is 4.21. The zero-order valence-corrected chi connectivity index (χ0v) is 9.77. The zero-order chi connectivity index (χ0) is 11.4. The Morgan fingerprint density at radius 3 is 2.44 bits per heavy atom. The summed E-state index contributed by atoms with van der Waals surface area (Å²) in [6.45, 7) is 3.84. The van der Waals surface area contributed by atoms with Crippen LogP contribution in [0.2, 0.25) is 0 Å². The van der Waals surface area contributed by atoms with Crippen molar-refractivity contribution in [1.82, 2.24) is 14.9 Å². The Kier molecular flexibility index (Phi) is 3.37. The van der Waals surface area contributed by atoms with E-state index >= 15 is 0 Å². The highest BCUT2D eigenvalue weighted by molar-refractivity contribution is 5.23. The summed E-state index contributed by atoms with van der Waals surface area (Å²) in [7, 11) is 1.96. The summed E-state index contributed by atoms with van der Waals surface area (Å²) in [6, 6.07) is 8.68. The quantitative estimate of drug-likeness (QED) is 0.845. The average Bonchev–Trinajstić information content (AvgIpc) is 2.68. The van der Waals surface area contributed by atoms with Gasteiger partial charge >= 0.3 is 0 Å². The van der Waals surface area contributed by atoms with Crippen molar-refractivity contribution < 1.29 is 0 Å². The number of rotatable bonds is 4. The van der Waals surface area contributed by atoms with Crippen LogP contribution in [0.15, 0.2) is 36.7 Å². The van der Waals surface area contributed by atoms with Crippen LogP contribution in [0.5, 0.6) is 0 Å². The number of hydrogen-bond donors (Lipinski definition) is 1. The molecule has 0 aliphatic rings. The molecule has 2 rings (SSSR count). The number of hydrogen-bond acceptors (Lipinski definition) is 2. The van der Waals surface area contributed by atoms with Gasteiger partial charge in [0, 0.05) is 25.5 Å². The number of benzene rings is 1. The zero-order valence-electron chi connectivity index (χ0n) is 9.77. The van der Waals surface area contributed by atoms with E-state index in [0.717, 1.165) is 18.9 Å². The predicted molar refractivity (Wildman–Crippen MR) is 65.3 cm³/mol. The Morgan fingerprint density at radius 1 is 1.19 bits per heavy atom. The van der Waals surface area contributed by atoms with Crippen LogP contribution in [-0.4, -0.2) is 16.6 Å². The van der Waals surface area contributed by atoms with Crippen LogP contribution in [-0.2, 0) is 13.1 Å². The summed E-state index contributed by atoms with van der Waals surface area (Å²) in [6.07, 6.45) is 3.85. The molecule has 0 amide bonds. The van der Waals surface area contributed by atoms with Crippen molar-refractivity contribution in [3.8, 4) is 0 Å². The maximum atomic E-state index is 4.21. The highest BCUT2D eigenvalue weighted by Gasteiger charge is 1.98. The van der Waals surface area contributed by atoms with E-state index in [4.69, 9.17) is 0 Å². The average molecular weight is 215 g/mol. The molecule has 3 nitrogen and oxygen atoms in total. The van der Waals surface area contributed by atoms with Crippen LogP contribution in [0.4, 0.5) is 0 Å². The van der Waals surface area contributed by atoms with E-state index in [2.05, 4.69) is 39.1 Å². The fraction of sp³-hybridized carbons (Fsp3) is 0.308. The van der Waals surface area contributed by atoms with Gasteiger partial charge in [-0.05, 0) is 25.1 Å². The highest BCUT2D eigenvalue weighted by atomic mass is 15.0. The third-order valence-corrected chi connectivity index (χ3v) is 2.68. The lowest BCUT2D eigenvalue weighted by molar-refractivity contribution is 0.759. The van der Waals surface area contributed by atoms with E-state index in [1.165, 1.54) is 11.1 Å². The lowest BCUT2D eigenvalue weighted by atomic mass is 10.1. The molecule has 0 saturated heterocycles. The lowest BCUT2D eigenvalue weighted by Crippen LogP contribution is -2.05. The van der Waals surface area contributed by atoms with Gasteiger partial charge in [-0.25, -0.2) is 4.98 Å². The summed E-state index contributed by atoms with van der Waals surface area (Å²) in [5.41, 5.74) is 2.62. The third-order valence-electron chi connectivity index (χ3n) is 2.68. The van der Waals surface area contributed by atoms with Gasteiger partial charge in [0.2, 0.25) is 0 Å². The summed E-state index contributed by atoms with van der Waals surface area (Å²) >= 11 is 0. The first kappa shape index (κ1) is 10.9. The second-order valence-corrected chi connectivity index (χ2v) is 3.95. The predicted octanol–water partition coefficient (Wildman–Crippen LogP) is 1.96. The molecule has 1 heterocycles. The molecular formula is C13H17N3. The molecule has 84 valence electrons. The number of aromatic nitrogens is 2. The number of nitrogens with zero attached hydrogens (tertiary/aromatic N) is 2. The van der Waals surface area contributed by atoms with Crippen LogP contribution < -0.4 is 5.32 Å². The van der Waals surface area contributed by atoms with Gasteiger partial charge in [-0.1, -0.05) is 24.3 Å². The molecule has 0 aliphatic carbocycles.